The minimum atomic E-state index is -0.125. The summed E-state index contributed by atoms with van der Waals surface area (Å²) in [4.78, 5) is 20.0. The van der Waals surface area contributed by atoms with Gasteiger partial charge in [0.1, 0.15) is 0 Å². The summed E-state index contributed by atoms with van der Waals surface area (Å²) in [6.07, 6.45) is 2.33. The molecule has 0 aliphatic carbocycles. The van der Waals surface area contributed by atoms with Crippen LogP contribution in [0.25, 0.3) is 0 Å². The van der Waals surface area contributed by atoms with Crippen LogP contribution in [0.1, 0.15) is 27.7 Å². The van der Waals surface area contributed by atoms with Gasteiger partial charge in [-0.15, -0.1) is 0 Å². The van der Waals surface area contributed by atoms with Crippen LogP contribution in [-0.4, -0.2) is 21.8 Å². The number of rotatable bonds is 2. The normalized spacial score (nSPS) is 10.7. The topological polar surface area (TPSA) is 74.6 Å². The third-order valence-corrected chi connectivity index (χ3v) is 0.824. The summed E-state index contributed by atoms with van der Waals surface area (Å²) in [6, 6.07) is 0. The number of carbonyl (C=O) groups is 2. The molecule has 0 aliphatic heterocycles. The van der Waals surface area contributed by atoms with Crippen molar-refractivity contribution in [3.8, 4) is 0 Å². The van der Waals surface area contributed by atoms with Gasteiger partial charge in [-0.2, -0.15) is 0 Å². The maximum absolute atomic E-state index is 10.0. The van der Waals surface area contributed by atoms with Crippen LogP contribution < -0.4 is 0 Å². The van der Waals surface area contributed by atoms with Crippen LogP contribution in [-0.2, 0) is 26.4 Å². The van der Waals surface area contributed by atoms with Gasteiger partial charge < -0.3 is 10.2 Å². The summed E-state index contributed by atoms with van der Waals surface area (Å²) in [7, 11) is 0. The summed E-state index contributed by atoms with van der Waals surface area (Å²) in [5.74, 6) is -0.125. The minimum Gasteiger partial charge on any atom is -0.512 e. The number of aliphatic hydroxyl groups is 2. The van der Waals surface area contributed by atoms with Crippen molar-refractivity contribution in [2.24, 2.45) is 0 Å². The van der Waals surface area contributed by atoms with E-state index in [1.807, 2.05) is 0 Å². The summed E-state index contributed by atoms with van der Waals surface area (Å²) >= 11 is 0. The van der Waals surface area contributed by atoms with Crippen LogP contribution >= 0.6 is 0 Å². The van der Waals surface area contributed by atoms with Gasteiger partial charge in [0.05, 0.1) is 11.5 Å². The van der Waals surface area contributed by atoms with Gasteiger partial charge in [0.15, 0.2) is 11.6 Å². The second-order valence-corrected chi connectivity index (χ2v) is 2.79. The predicted molar refractivity (Wildman–Crippen MR) is 54.1 cm³/mol. The Morgan fingerprint density at radius 2 is 1.00 bits per heavy atom. The van der Waals surface area contributed by atoms with Crippen LogP contribution in [0.5, 0.6) is 0 Å². The molecule has 0 aromatic rings. The maximum atomic E-state index is 10.0. The molecule has 0 amide bonds. The SMILES string of the molecule is CC(=O)/C=C(/C)O.CC(=O)/C=C(\C)O.[Co]. The van der Waals surface area contributed by atoms with Gasteiger partial charge in [0, 0.05) is 28.9 Å². The second kappa shape index (κ2) is 11.0. The van der Waals surface area contributed by atoms with Gasteiger partial charge in [-0.05, 0) is 27.7 Å². The fraction of sp³-hybridized carbons (Fsp3) is 0.400. The summed E-state index contributed by atoms with van der Waals surface area (Å²) in [6.45, 7) is 5.70. The standard InChI is InChI=1S/2C5H8O2.Co/c2*1-4(6)3-5(2)7;/h2*3,6H,1-2H3;/b4-3+;4-3-;. The van der Waals surface area contributed by atoms with E-state index in [2.05, 4.69) is 0 Å². The molecule has 0 bridgehead atoms. The zero-order chi connectivity index (χ0) is 11.7. The Bertz CT molecular complexity index is 231. The zero-order valence-electron chi connectivity index (χ0n) is 9.20. The van der Waals surface area contributed by atoms with Crippen molar-refractivity contribution < 1.29 is 36.6 Å². The van der Waals surface area contributed by atoms with Crippen LogP contribution in [0.3, 0.4) is 0 Å². The third kappa shape index (κ3) is 32.2. The van der Waals surface area contributed by atoms with E-state index in [1.165, 1.54) is 39.8 Å². The Labute approximate surface area is 99.9 Å². The first-order valence-corrected chi connectivity index (χ1v) is 4.01. The fourth-order valence-electron chi connectivity index (χ4n) is 0.588. The molecule has 15 heavy (non-hydrogen) atoms. The summed E-state index contributed by atoms with van der Waals surface area (Å²) < 4.78 is 0. The van der Waals surface area contributed by atoms with E-state index in [1.54, 1.807) is 0 Å². The number of aliphatic hydroxyl groups excluding tert-OH is 2. The van der Waals surface area contributed by atoms with E-state index in [0.29, 0.717) is 0 Å². The van der Waals surface area contributed by atoms with Crippen LogP contribution in [0.15, 0.2) is 23.7 Å². The largest absolute Gasteiger partial charge is 0.512 e. The quantitative estimate of drug-likeness (QED) is 0.588. The van der Waals surface area contributed by atoms with Crippen LogP contribution in [0.4, 0.5) is 0 Å². The molecule has 0 fully saturated rings. The predicted octanol–water partition coefficient (Wildman–Crippen LogP) is 2.07. The van der Waals surface area contributed by atoms with Gasteiger partial charge in [0.2, 0.25) is 0 Å². The van der Waals surface area contributed by atoms with E-state index in [-0.39, 0.29) is 39.9 Å². The van der Waals surface area contributed by atoms with Gasteiger partial charge in [0.25, 0.3) is 0 Å². The van der Waals surface area contributed by atoms with E-state index in [9.17, 15) is 9.59 Å². The van der Waals surface area contributed by atoms with Gasteiger partial charge in [-0.1, -0.05) is 0 Å². The van der Waals surface area contributed by atoms with Crippen molar-refractivity contribution in [2.45, 2.75) is 27.7 Å². The number of ketones is 2. The minimum absolute atomic E-state index is 0. The first-order chi connectivity index (χ1) is 6.25. The molecule has 0 saturated heterocycles. The molecular weight excluding hydrogens is 243 g/mol. The van der Waals surface area contributed by atoms with Crippen molar-refractivity contribution in [1.29, 1.82) is 0 Å². The summed E-state index contributed by atoms with van der Waals surface area (Å²) in [5.41, 5.74) is 0. The molecule has 2 N–H and O–H groups in total. The van der Waals surface area contributed by atoms with Crippen molar-refractivity contribution in [3.63, 3.8) is 0 Å². The molecule has 0 rings (SSSR count). The molecule has 0 aromatic carbocycles. The smallest absolute Gasteiger partial charge is 0.155 e. The van der Waals surface area contributed by atoms with E-state index < -0.39 is 0 Å². The Balaban J connectivity index is -0.000000180. The molecule has 0 aromatic heterocycles. The van der Waals surface area contributed by atoms with Gasteiger partial charge >= 0.3 is 0 Å². The van der Waals surface area contributed by atoms with E-state index in [4.69, 9.17) is 10.2 Å². The Morgan fingerprint density at radius 3 is 1.00 bits per heavy atom. The van der Waals surface area contributed by atoms with Crippen molar-refractivity contribution in [2.75, 3.05) is 0 Å². The molecule has 5 heteroatoms. The first-order valence-electron chi connectivity index (χ1n) is 4.01. The average Bonchev–Trinajstić information content (AvgIpc) is 1.79. The molecule has 4 nitrogen and oxygen atoms in total. The third-order valence-electron chi connectivity index (χ3n) is 0.824. The molecule has 89 valence electrons. The Kier molecular flexibility index (Phi) is 14.3. The van der Waals surface area contributed by atoms with Gasteiger partial charge in [-0.25, -0.2) is 0 Å². The molecular formula is C10H16CoO4. The van der Waals surface area contributed by atoms with Crippen LogP contribution in [0.2, 0.25) is 0 Å². The van der Waals surface area contributed by atoms with Crippen molar-refractivity contribution in [3.05, 3.63) is 23.7 Å². The zero-order valence-corrected chi connectivity index (χ0v) is 10.2. The number of hydrogen-bond donors (Lipinski definition) is 2. The molecule has 1 radical (unpaired) electrons. The molecule has 0 unspecified atom stereocenters. The maximum Gasteiger partial charge on any atom is 0.155 e. The summed E-state index contributed by atoms with van der Waals surface area (Å²) in [5, 5.41) is 16.7. The average molecular weight is 259 g/mol. The van der Waals surface area contributed by atoms with Crippen LogP contribution in [0, 0.1) is 0 Å². The van der Waals surface area contributed by atoms with Crippen molar-refractivity contribution >= 4 is 11.6 Å². The van der Waals surface area contributed by atoms with E-state index >= 15 is 0 Å². The number of allylic oxidation sites excluding steroid dienone is 4. The molecule has 0 spiro atoms. The number of hydrogen-bond acceptors (Lipinski definition) is 4. The second-order valence-electron chi connectivity index (χ2n) is 2.79. The molecule has 0 aliphatic rings. The fourth-order valence-corrected chi connectivity index (χ4v) is 0.588. The Morgan fingerprint density at radius 1 is 0.800 bits per heavy atom. The van der Waals surface area contributed by atoms with Gasteiger partial charge in [-0.3, -0.25) is 9.59 Å². The Hall–Kier alpha value is -1.07. The molecule has 0 heterocycles. The first kappa shape index (κ1) is 19.5. The number of carbonyl (C=O) groups excluding carboxylic acids is 2. The molecule has 0 atom stereocenters. The van der Waals surface area contributed by atoms with Crippen molar-refractivity contribution in [1.82, 2.24) is 0 Å². The molecule has 0 saturated carbocycles. The monoisotopic (exact) mass is 259 g/mol. The van der Waals surface area contributed by atoms with E-state index in [0.717, 1.165) is 0 Å².